The van der Waals surface area contributed by atoms with Crippen LogP contribution >= 0.6 is 0 Å². The van der Waals surface area contributed by atoms with Gasteiger partial charge < -0.3 is 10.1 Å². The van der Waals surface area contributed by atoms with E-state index >= 15 is 0 Å². The molecule has 0 aliphatic carbocycles. The topological polar surface area (TPSA) is 113 Å². The van der Waals surface area contributed by atoms with Gasteiger partial charge in [-0.05, 0) is 37.1 Å². The standard InChI is InChI=1S/C16H19N3O6S/c1-10(14(20)18-8-6-17-16(18)22)25-15(21)12-3-4-13-11(9-12)5-7-19(13)26(2,23)24/h3-4,9-10H,5-8H2,1-2H3,(H,17,22). The molecule has 1 atom stereocenters. The largest absolute Gasteiger partial charge is 0.449 e. The summed E-state index contributed by atoms with van der Waals surface area (Å²) in [6, 6.07) is 4.09. The number of ether oxygens (including phenoxy) is 1. The van der Waals surface area contributed by atoms with Crippen LogP contribution in [0.15, 0.2) is 18.2 Å². The SMILES string of the molecule is CC(OC(=O)c1ccc2c(c1)CCN2S(C)(=O)=O)C(=O)N1CCNC1=O. The van der Waals surface area contributed by atoms with Crippen molar-refractivity contribution in [3.63, 3.8) is 0 Å². The summed E-state index contributed by atoms with van der Waals surface area (Å²) in [4.78, 5) is 37.0. The van der Waals surface area contributed by atoms with Gasteiger partial charge in [0.1, 0.15) is 0 Å². The van der Waals surface area contributed by atoms with Gasteiger partial charge in [-0.2, -0.15) is 0 Å². The molecule has 1 N–H and O–H groups in total. The van der Waals surface area contributed by atoms with Crippen LogP contribution < -0.4 is 9.62 Å². The number of nitrogens with zero attached hydrogens (tertiary/aromatic N) is 2. The Kier molecular flexibility index (Phi) is 4.61. The second-order valence-electron chi connectivity index (χ2n) is 6.20. The Balaban J connectivity index is 1.71. The van der Waals surface area contributed by atoms with E-state index in [1.54, 1.807) is 12.1 Å². The maximum atomic E-state index is 12.3. The van der Waals surface area contributed by atoms with Gasteiger partial charge in [0.2, 0.25) is 10.0 Å². The number of anilines is 1. The van der Waals surface area contributed by atoms with E-state index in [1.165, 1.54) is 17.3 Å². The summed E-state index contributed by atoms with van der Waals surface area (Å²) >= 11 is 0. The molecular formula is C16H19N3O6S. The molecule has 2 heterocycles. The van der Waals surface area contributed by atoms with E-state index in [0.29, 0.717) is 25.2 Å². The lowest BCUT2D eigenvalue weighted by atomic mass is 10.1. The molecule has 1 aromatic rings. The van der Waals surface area contributed by atoms with E-state index in [2.05, 4.69) is 5.32 Å². The van der Waals surface area contributed by atoms with Crippen LogP contribution in [-0.2, 0) is 26.0 Å². The second kappa shape index (κ2) is 6.60. The molecule has 1 unspecified atom stereocenters. The van der Waals surface area contributed by atoms with E-state index in [0.717, 1.165) is 16.7 Å². The maximum absolute atomic E-state index is 12.3. The maximum Gasteiger partial charge on any atom is 0.338 e. The highest BCUT2D eigenvalue weighted by Crippen LogP contribution is 2.31. The molecule has 0 saturated carbocycles. The van der Waals surface area contributed by atoms with Crippen LogP contribution in [0.4, 0.5) is 10.5 Å². The molecule has 3 amide bonds. The van der Waals surface area contributed by atoms with Crippen molar-refractivity contribution in [2.24, 2.45) is 0 Å². The normalized spacial score (nSPS) is 17.7. The van der Waals surface area contributed by atoms with Crippen LogP contribution in [0.5, 0.6) is 0 Å². The lowest BCUT2D eigenvalue weighted by molar-refractivity contribution is -0.136. The number of carbonyl (C=O) groups excluding carboxylic acids is 3. The van der Waals surface area contributed by atoms with Crippen molar-refractivity contribution in [2.45, 2.75) is 19.4 Å². The smallest absolute Gasteiger partial charge is 0.338 e. The number of rotatable bonds is 4. The van der Waals surface area contributed by atoms with Crippen LogP contribution in [-0.4, -0.2) is 63.2 Å². The third kappa shape index (κ3) is 3.36. The van der Waals surface area contributed by atoms with Gasteiger partial charge in [-0.1, -0.05) is 0 Å². The Morgan fingerprint density at radius 3 is 2.62 bits per heavy atom. The molecule has 1 aromatic carbocycles. The minimum absolute atomic E-state index is 0.227. The fourth-order valence-electron chi connectivity index (χ4n) is 3.02. The monoisotopic (exact) mass is 381 g/mol. The molecular weight excluding hydrogens is 362 g/mol. The quantitative estimate of drug-likeness (QED) is 0.741. The number of nitrogens with one attached hydrogen (secondary N) is 1. The van der Waals surface area contributed by atoms with Gasteiger partial charge in [0.25, 0.3) is 5.91 Å². The van der Waals surface area contributed by atoms with E-state index in [1.807, 2.05) is 0 Å². The van der Waals surface area contributed by atoms with E-state index in [9.17, 15) is 22.8 Å². The fraction of sp³-hybridized carbons (Fsp3) is 0.438. The van der Waals surface area contributed by atoms with Gasteiger partial charge in [0.15, 0.2) is 6.10 Å². The Morgan fingerprint density at radius 2 is 2.00 bits per heavy atom. The zero-order chi connectivity index (χ0) is 19.1. The van der Waals surface area contributed by atoms with Crippen molar-refractivity contribution < 1.29 is 27.5 Å². The molecule has 1 fully saturated rings. The predicted octanol–water partition coefficient (Wildman–Crippen LogP) is 0.106. The number of amides is 3. The average Bonchev–Trinajstić information content (AvgIpc) is 3.18. The van der Waals surface area contributed by atoms with Gasteiger partial charge in [-0.15, -0.1) is 0 Å². The van der Waals surface area contributed by atoms with Gasteiger partial charge in [0, 0.05) is 19.6 Å². The number of benzene rings is 1. The van der Waals surface area contributed by atoms with Crippen LogP contribution in [0.2, 0.25) is 0 Å². The molecule has 0 bridgehead atoms. The minimum Gasteiger partial charge on any atom is -0.449 e. The van der Waals surface area contributed by atoms with E-state index in [4.69, 9.17) is 4.74 Å². The molecule has 2 aliphatic rings. The summed E-state index contributed by atoms with van der Waals surface area (Å²) < 4.78 is 30.0. The summed E-state index contributed by atoms with van der Waals surface area (Å²) in [6.07, 6.45) is 0.519. The van der Waals surface area contributed by atoms with E-state index < -0.39 is 34.0 Å². The number of hydrogen-bond acceptors (Lipinski definition) is 6. The Hall–Kier alpha value is -2.62. The molecule has 26 heavy (non-hydrogen) atoms. The molecule has 0 spiro atoms. The number of urea groups is 1. The van der Waals surface area contributed by atoms with Crippen LogP contribution in [0.1, 0.15) is 22.8 Å². The first-order valence-electron chi connectivity index (χ1n) is 8.09. The average molecular weight is 381 g/mol. The van der Waals surface area contributed by atoms with Crippen molar-refractivity contribution in [1.82, 2.24) is 10.2 Å². The van der Waals surface area contributed by atoms with Crippen molar-refractivity contribution in [1.29, 1.82) is 0 Å². The summed E-state index contributed by atoms with van der Waals surface area (Å²) in [6.45, 7) is 2.34. The van der Waals surface area contributed by atoms with Crippen molar-refractivity contribution in [3.8, 4) is 0 Å². The Labute approximate surface area is 150 Å². The minimum atomic E-state index is -3.36. The third-order valence-electron chi connectivity index (χ3n) is 4.32. The van der Waals surface area contributed by atoms with Crippen LogP contribution in [0, 0.1) is 0 Å². The highest BCUT2D eigenvalue weighted by molar-refractivity contribution is 7.92. The highest BCUT2D eigenvalue weighted by atomic mass is 32.2. The second-order valence-corrected chi connectivity index (χ2v) is 8.10. The van der Waals surface area contributed by atoms with Crippen molar-refractivity contribution in [3.05, 3.63) is 29.3 Å². The first-order valence-corrected chi connectivity index (χ1v) is 9.94. The zero-order valence-corrected chi connectivity index (χ0v) is 15.2. The summed E-state index contributed by atoms with van der Waals surface area (Å²) in [7, 11) is -3.36. The Morgan fingerprint density at radius 1 is 1.27 bits per heavy atom. The molecule has 0 aromatic heterocycles. The molecule has 140 valence electrons. The zero-order valence-electron chi connectivity index (χ0n) is 14.4. The van der Waals surface area contributed by atoms with Gasteiger partial charge in [0.05, 0.1) is 17.5 Å². The van der Waals surface area contributed by atoms with Gasteiger partial charge in [-0.25, -0.2) is 18.0 Å². The lowest BCUT2D eigenvalue weighted by Gasteiger charge is -2.19. The molecule has 2 aliphatic heterocycles. The summed E-state index contributed by atoms with van der Waals surface area (Å²) in [5.41, 5.74) is 1.49. The number of fused-ring (bicyclic) bond motifs is 1. The number of hydrogen-bond donors (Lipinski definition) is 1. The number of imide groups is 1. The lowest BCUT2D eigenvalue weighted by Crippen LogP contribution is -2.41. The summed E-state index contributed by atoms with van der Waals surface area (Å²) in [5, 5.41) is 2.51. The van der Waals surface area contributed by atoms with Gasteiger partial charge >= 0.3 is 12.0 Å². The molecule has 0 radical (unpaired) electrons. The first-order chi connectivity index (χ1) is 12.2. The molecule has 9 nitrogen and oxygen atoms in total. The Bertz CT molecular complexity index is 882. The third-order valence-corrected chi connectivity index (χ3v) is 5.50. The molecule has 1 saturated heterocycles. The number of esters is 1. The van der Waals surface area contributed by atoms with Crippen molar-refractivity contribution in [2.75, 3.05) is 30.2 Å². The summed E-state index contributed by atoms with van der Waals surface area (Å²) in [5.74, 6) is -1.29. The van der Waals surface area contributed by atoms with Crippen LogP contribution in [0.25, 0.3) is 0 Å². The fourth-order valence-corrected chi connectivity index (χ4v) is 3.98. The first kappa shape index (κ1) is 18.2. The molecule has 3 rings (SSSR count). The highest BCUT2D eigenvalue weighted by Gasteiger charge is 2.32. The van der Waals surface area contributed by atoms with Crippen molar-refractivity contribution >= 4 is 33.6 Å². The molecule has 10 heteroatoms. The number of carbonyl (C=O) groups is 3. The number of sulfonamides is 1. The predicted molar refractivity (Wildman–Crippen MR) is 92.3 cm³/mol. The van der Waals surface area contributed by atoms with Gasteiger partial charge in [-0.3, -0.25) is 14.0 Å². The van der Waals surface area contributed by atoms with E-state index in [-0.39, 0.29) is 12.1 Å². The van der Waals surface area contributed by atoms with Crippen LogP contribution in [0.3, 0.4) is 0 Å².